The molecule has 1 fully saturated rings. The fraction of sp³-hybridized carbons (Fsp3) is 0.211. The first-order chi connectivity index (χ1) is 13.6. The van der Waals surface area contributed by atoms with Crippen molar-refractivity contribution >= 4 is 34.1 Å². The summed E-state index contributed by atoms with van der Waals surface area (Å²) < 4.78 is 1.59. The Morgan fingerprint density at radius 1 is 1.21 bits per heavy atom. The molecule has 2 atom stereocenters. The number of anilines is 2. The maximum atomic E-state index is 12.4. The fourth-order valence-electron chi connectivity index (χ4n) is 3.04. The third kappa shape index (κ3) is 4.05. The number of nitrogens with zero attached hydrogens (tertiary/aromatic N) is 2. The lowest BCUT2D eigenvalue weighted by Gasteiger charge is -2.30. The van der Waals surface area contributed by atoms with E-state index in [1.54, 1.807) is 10.7 Å². The summed E-state index contributed by atoms with van der Waals surface area (Å²) in [5.74, 6) is 0.404. The second-order valence-corrected chi connectivity index (χ2v) is 7.47. The highest BCUT2D eigenvalue weighted by molar-refractivity contribution is 7.14. The molecule has 1 aliphatic rings. The highest BCUT2D eigenvalue weighted by Crippen LogP contribution is 2.25. The van der Waals surface area contributed by atoms with E-state index < -0.39 is 6.29 Å². The van der Waals surface area contributed by atoms with Crippen molar-refractivity contribution in [2.75, 3.05) is 10.6 Å². The van der Waals surface area contributed by atoms with Crippen LogP contribution in [0.5, 0.6) is 0 Å². The monoisotopic (exact) mass is 396 g/mol. The van der Waals surface area contributed by atoms with Gasteiger partial charge in [0.1, 0.15) is 5.82 Å². The lowest BCUT2D eigenvalue weighted by atomic mass is 10.2. The Labute approximate surface area is 165 Å². The molecule has 8 nitrogen and oxygen atoms in total. The highest BCUT2D eigenvalue weighted by Gasteiger charge is 2.27. The van der Waals surface area contributed by atoms with E-state index in [0.717, 1.165) is 10.6 Å². The summed E-state index contributed by atoms with van der Waals surface area (Å²) in [5, 5.41) is 19.0. The molecular weight excluding hydrogens is 376 g/mol. The van der Waals surface area contributed by atoms with Gasteiger partial charge < -0.3 is 5.32 Å². The van der Waals surface area contributed by atoms with Crippen molar-refractivity contribution in [3.05, 3.63) is 53.9 Å². The molecule has 0 saturated carbocycles. The molecule has 0 radical (unpaired) electrons. The Kier molecular flexibility index (Phi) is 5.09. The molecule has 0 bridgehead atoms. The van der Waals surface area contributed by atoms with Gasteiger partial charge in [-0.3, -0.25) is 20.7 Å². The number of urea groups is 1. The van der Waals surface area contributed by atoms with Crippen molar-refractivity contribution in [3.8, 4) is 11.3 Å². The van der Waals surface area contributed by atoms with Gasteiger partial charge >= 0.3 is 6.03 Å². The molecule has 3 heterocycles. The average Bonchev–Trinajstić information content (AvgIpc) is 3.31. The molecule has 28 heavy (non-hydrogen) atoms. The van der Waals surface area contributed by atoms with E-state index in [9.17, 15) is 9.59 Å². The fourth-order valence-corrected chi connectivity index (χ4v) is 3.65. The predicted octanol–water partition coefficient (Wildman–Crippen LogP) is 3.21. The van der Waals surface area contributed by atoms with Crippen LogP contribution in [0.25, 0.3) is 11.3 Å². The molecule has 1 saturated heterocycles. The Morgan fingerprint density at radius 2 is 2.04 bits per heavy atom. The van der Waals surface area contributed by atoms with Gasteiger partial charge in [0.05, 0.1) is 10.7 Å². The standard InChI is InChI=1S/C19H20N6O2S/c1-12-10-16(26)22-18(20-12)25-15(21-19(27)23-17-8-5-9-28-17)11-14(24-25)13-6-3-2-4-7-13/h2-9,11-12,18,20H,10H2,1H3,(H,22,26)(H2,21,23,27). The number of hydrogen-bond donors (Lipinski definition) is 4. The van der Waals surface area contributed by atoms with Crippen LogP contribution in [0.1, 0.15) is 19.6 Å². The Morgan fingerprint density at radius 3 is 2.75 bits per heavy atom. The van der Waals surface area contributed by atoms with Gasteiger partial charge in [0, 0.05) is 24.1 Å². The van der Waals surface area contributed by atoms with Crippen molar-refractivity contribution in [1.29, 1.82) is 0 Å². The topological polar surface area (TPSA) is 100 Å². The lowest BCUT2D eigenvalue weighted by Crippen LogP contribution is -2.52. The van der Waals surface area contributed by atoms with E-state index in [-0.39, 0.29) is 18.0 Å². The molecule has 1 aromatic carbocycles. The highest BCUT2D eigenvalue weighted by atomic mass is 32.1. The van der Waals surface area contributed by atoms with Crippen LogP contribution in [0.4, 0.5) is 15.6 Å². The summed E-state index contributed by atoms with van der Waals surface area (Å²) in [7, 11) is 0. The number of benzene rings is 1. The molecule has 2 aromatic heterocycles. The Bertz CT molecular complexity index is 970. The number of rotatable bonds is 4. The van der Waals surface area contributed by atoms with Gasteiger partial charge in [0.25, 0.3) is 0 Å². The molecule has 3 aromatic rings. The summed E-state index contributed by atoms with van der Waals surface area (Å²) in [4.78, 5) is 24.4. The maximum Gasteiger partial charge on any atom is 0.325 e. The van der Waals surface area contributed by atoms with E-state index in [4.69, 9.17) is 0 Å². The van der Waals surface area contributed by atoms with Gasteiger partial charge in [-0.1, -0.05) is 30.3 Å². The van der Waals surface area contributed by atoms with Crippen LogP contribution >= 0.6 is 11.3 Å². The van der Waals surface area contributed by atoms with Crippen LogP contribution < -0.4 is 21.3 Å². The predicted molar refractivity (Wildman–Crippen MR) is 109 cm³/mol. The minimum absolute atomic E-state index is 0.00378. The van der Waals surface area contributed by atoms with Gasteiger partial charge in [-0.05, 0) is 24.4 Å². The van der Waals surface area contributed by atoms with Crippen LogP contribution in [0, 0.1) is 0 Å². The number of nitrogens with one attached hydrogen (secondary N) is 4. The third-order valence-corrected chi connectivity index (χ3v) is 5.07. The van der Waals surface area contributed by atoms with Gasteiger partial charge in [0.15, 0.2) is 6.29 Å². The number of carbonyl (C=O) groups is 2. The summed E-state index contributed by atoms with van der Waals surface area (Å²) in [5.41, 5.74) is 1.61. The zero-order valence-electron chi connectivity index (χ0n) is 15.2. The maximum absolute atomic E-state index is 12.4. The zero-order chi connectivity index (χ0) is 19.5. The second kappa shape index (κ2) is 7.83. The number of aromatic nitrogens is 2. The normalized spacial score (nSPS) is 19.1. The van der Waals surface area contributed by atoms with Gasteiger partial charge in [-0.15, -0.1) is 11.3 Å². The zero-order valence-corrected chi connectivity index (χ0v) is 16.0. The quantitative estimate of drug-likeness (QED) is 0.544. The molecule has 0 spiro atoms. The van der Waals surface area contributed by atoms with E-state index in [1.807, 2.05) is 54.8 Å². The molecule has 0 aliphatic carbocycles. The van der Waals surface area contributed by atoms with Crippen molar-refractivity contribution in [3.63, 3.8) is 0 Å². The number of carbonyl (C=O) groups excluding carboxylic acids is 2. The number of thiophene rings is 1. The molecule has 9 heteroatoms. The first-order valence-electron chi connectivity index (χ1n) is 8.90. The first-order valence-corrected chi connectivity index (χ1v) is 9.78. The van der Waals surface area contributed by atoms with Gasteiger partial charge in [-0.25, -0.2) is 9.48 Å². The molecular formula is C19H20N6O2S. The largest absolute Gasteiger partial charge is 0.325 e. The van der Waals surface area contributed by atoms with E-state index in [1.165, 1.54) is 11.3 Å². The minimum atomic E-state index is -0.550. The van der Waals surface area contributed by atoms with Crippen molar-refractivity contribution in [2.24, 2.45) is 0 Å². The average molecular weight is 396 g/mol. The van der Waals surface area contributed by atoms with E-state index in [0.29, 0.717) is 17.9 Å². The van der Waals surface area contributed by atoms with Gasteiger partial charge in [0.2, 0.25) is 5.91 Å². The Balaban J connectivity index is 1.63. The van der Waals surface area contributed by atoms with Crippen LogP contribution in [0.3, 0.4) is 0 Å². The smallest absolute Gasteiger partial charge is 0.322 e. The van der Waals surface area contributed by atoms with E-state index in [2.05, 4.69) is 26.4 Å². The first kappa shape index (κ1) is 18.2. The van der Waals surface area contributed by atoms with Crippen molar-refractivity contribution in [1.82, 2.24) is 20.4 Å². The third-order valence-electron chi connectivity index (χ3n) is 4.28. The Hall–Kier alpha value is -3.17. The summed E-state index contributed by atoms with van der Waals surface area (Å²) in [6.07, 6.45) is -0.156. The molecule has 1 aliphatic heterocycles. The molecule has 4 rings (SSSR count). The van der Waals surface area contributed by atoms with Crippen molar-refractivity contribution < 1.29 is 9.59 Å². The number of amides is 3. The second-order valence-electron chi connectivity index (χ2n) is 6.52. The van der Waals surface area contributed by atoms with Crippen LogP contribution in [-0.2, 0) is 4.79 Å². The molecule has 2 unspecified atom stereocenters. The summed E-state index contributed by atoms with van der Waals surface area (Å²) in [6, 6.07) is 14.8. The minimum Gasteiger partial charge on any atom is -0.322 e. The molecule has 4 N–H and O–H groups in total. The van der Waals surface area contributed by atoms with Crippen LogP contribution in [0.15, 0.2) is 53.9 Å². The summed E-state index contributed by atoms with van der Waals surface area (Å²) >= 11 is 1.43. The van der Waals surface area contributed by atoms with E-state index >= 15 is 0 Å². The molecule has 144 valence electrons. The van der Waals surface area contributed by atoms with Crippen molar-refractivity contribution in [2.45, 2.75) is 25.7 Å². The van der Waals surface area contributed by atoms with Gasteiger partial charge in [-0.2, -0.15) is 5.10 Å². The van der Waals surface area contributed by atoms with Crippen LogP contribution in [0.2, 0.25) is 0 Å². The SMILES string of the molecule is CC1CC(=O)NC(n2nc(-c3ccccc3)cc2NC(=O)Nc2cccs2)N1. The summed E-state index contributed by atoms with van der Waals surface area (Å²) in [6.45, 7) is 1.93. The lowest BCUT2D eigenvalue weighted by molar-refractivity contribution is -0.125. The van der Waals surface area contributed by atoms with Crippen LogP contribution in [-0.4, -0.2) is 27.8 Å². The molecule has 3 amide bonds. The number of hydrogen-bond acceptors (Lipinski definition) is 5.